The van der Waals surface area contributed by atoms with Gasteiger partial charge in [0.2, 0.25) is 0 Å². The molecule has 0 atom stereocenters. The van der Waals surface area contributed by atoms with E-state index in [1.807, 2.05) is 30.3 Å². The number of hydrogen-bond acceptors (Lipinski definition) is 3. The summed E-state index contributed by atoms with van der Waals surface area (Å²) in [6, 6.07) is 16.4. The number of benzene rings is 2. The third-order valence-corrected chi connectivity index (χ3v) is 3.33. The van der Waals surface area contributed by atoms with E-state index in [2.05, 4.69) is 10.3 Å². The number of para-hydroxylation sites is 1. The monoisotopic (exact) mass is 282 g/mol. The predicted octanol–water partition coefficient (Wildman–Crippen LogP) is 2.46. The van der Waals surface area contributed by atoms with Crippen molar-refractivity contribution in [2.75, 3.05) is 0 Å². The molecule has 1 heterocycles. The summed E-state index contributed by atoms with van der Waals surface area (Å²) in [5.74, 6) is -0.333. The lowest BCUT2D eigenvalue weighted by Crippen LogP contribution is -2.08. The molecule has 0 spiro atoms. The molecule has 0 bridgehead atoms. The van der Waals surface area contributed by atoms with E-state index < -0.39 is 0 Å². The molecule has 2 aromatic carbocycles. The first kappa shape index (κ1) is 13.5. The minimum atomic E-state index is -0.333. The van der Waals surface area contributed by atoms with Gasteiger partial charge in [0.25, 0.3) is 0 Å². The first-order valence-electron chi connectivity index (χ1n) is 6.72. The van der Waals surface area contributed by atoms with Gasteiger partial charge in [0, 0.05) is 13.0 Å². The third-order valence-electron chi connectivity index (χ3n) is 3.33. The van der Waals surface area contributed by atoms with E-state index in [0.29, 0.717) is 17.8 Å². The molecule has 21 heavy (non-hydrogen) atoms. The Morgan fingerprint density at radius 2 is 1.71 bits per heavy atom. The highest BCUT2D eigenvalue weighted by atomic mass is 19.1. The van der Waals surface area contributed by atoms with Gasteiger partial charge < -0.3 is 5.73 Å². The third kappa shape index (κ3) is 2.68. The van der Waals surface area contributed by atoms with Crippen molar-refractivity contribution < 1.29 is 4.39 Å². The van der Waals surface area contributed by atoms with Crippen LogP contribution in [0.3, 0.4) is 0 Å². The summed E-state index contributed by atoms with van der Waals surface area (Å²) in [6.07, 6.45) is 0.606. The summed E-state index contributed by atoms with van der Waals surface area (Å²) >= 11 is 0. The number of nitrogens with two attached hydrogens (primary N) is 1. The van der Waals surface area contributed by atoms with Gasteiger partial charge in [0.05, 0.1) is 5.69 Å². The number of aromatic nitrogens is 3. The Morgan fingerprint density at radius 1 is 1.00 bits per heavy atom. The lowest BCUT2D eigenvalue weighted by atomic mass is 10.1. The van der Waals surface area contributed by atoms with Crippen molar-refractivity contribution in [2.45, 2.75) is 13.0 Å². The summed E-state index contributed by atoms with van der Waals surface area (Å²) in [5, 5.41) is 8.13. The maximum Gasteiger partial charge on any atom is 0.148 e. The Balaban J connectivity index is 2.07. The fourth-order valence-corrected chi connectivity index (χ4v) is 2.27. The molecule has 3 rings (SSSR count). The normalized spacial score (nSPS) is 10.8. The van der Waals surface area contributed by atoms with E-state index in [1.54, 1.807) is 18.2 Å². The molecule has 0 fully saturated rings. The zero-order valence-electron chi connectivity index (χ0n) is 11.4. The molecule has 0 saturated heterocycles. The van der Waals surface area contributed by atoms with Gasteiger partial charge in [0.1, 0.15) is 17.2 Å². The molecule has 4 nitrogen and oxygen atoms in total. The van der Waals surface area contributed by atoms with Crippen LogP contribution in [0.2, 0.25) is 0 Å². The summed E-state index contributed by atoms with van der Waals surface area (Å²) < 4.78 is 15.5. The van der Waals surface area contributed by atoms with Crippen LogP contribution in [-0.4, -0.2) is 15.0 Å². The number of hydrogen-bond donors (Lipinski definition) is 1. The van der Waals surface area contributed by atoms with Crippen molar-refractivity contribution >= 4 is 0 Å². The van der Waals surface area contributed by atoms with Crippen LogP contribution >= 0.6 is 0 Å². The first-order valence-corrected chi connectivity index (χ1v) is 6.72. The minimum absolute atomic E-state index is 0.274. The molecule has 0 amide bonds. The van der Waals surface area contributed by atoms with Gasteiger partial charge in [-0.05, 0) is 17.7 Å². The highest BCUT2D eigenvalue weighted by molar-refractivity contribution is 5.36. The van der Waals surface area contributed by atoms with Crippen molar-refractivity contribution in [3.63, 3.8) is 0 Å². The Morgan fingerprint density at radius 3 is 2.43 bits per heavy atom. The summed E-state index contributed by atoms with van der Waals surface area (Å²) in [6.45, 7) is 0.274. The first-order chi connectivity index (χ1) is 10.3. The Bertz CT molecular complexity index is 737. The second-order valence-corrected chi connectivity index (χ2v) is 4.71. The summed E-state index contributed by atoms with van der Waals surface area (Å²) in [5.41, 5.74) is 8.71. The van der Waals surface area contributed by atoms with Crippen molar-refractivity contribution in [2.24, 2.45) is 5.73 Å². The SMILES string of the molecule is NCc1nnn(-c2ccccc2F)c1Cc1ccccc1. The number of halogens is 1. The van der Waals surface area contributed by atoms with Crippen LogP contribution in [0.4, 0.5) is 4.39 Å². The van der Waals surface area contributed by atoms with E-state index >= 15 is 0 Å². The second kappa shape index (κ2) is 5.85. The highest BCUT2D eigenvalue weighted by Crippen LogP contribution is 2.19. The van der Waals surface area contributed by atoms with Crippen LogP contribution < -0.4 is 5.73 Å². The maximum absolute atomic E-state index is 14.0. The Hall–Kier alpha value is -2.53. The molecule has 0 aliphatic rings. The molecule has 3 aromatic rings. The molecule has 1 aromatic heterocycles. The molecule has 0 aliphatic heterocycles. The molecule has 0 saturated carbocycles. The van der Waals surface area contributed by atoms with Crippen LogP contribution in [0.15, 0.2) is 54.6 Å². The van der Waals surface area contributed by atoms with Crippen LogP contribution in [0.5, 0.6) is 0 Å². The number of rotatable bonds is 4. The molecule has 0 radical (unpaired) electrons. The average Bonchev–Trinajstić information content (AvgIpc) is 2.91. The molecule has 2 N–H and O–H groups in total. The van der Waals surface area contributed by atoms with Crippen molar-refractivity contribution in [1.82, 2.24) is 15.0 Å². The Labute approximate surface area is 122 Å². The summed E-state index contributed by atoms with van der Waals surface area (Å²) in [7, 11) is 0. The van der Waals surface area contributed by atoms with E-state index in [4.69, 9.17) is 5.73 Å². The average molecular weight is 282 g/mol. The minimum Gasteiger partial charge on any atom is -0.325 e. The zero-order valence-corrected chi connectivity index (χ0v) is 11.4. The van der Waals surface area contributed by atoms with Crippen molar-refractivity contribution in [1.29, 1.82) is 0 Å². The van der Waals surface area contributed by atoms with Gasteiger partial charge in [-0.3, -0.25) is 0 Å². The van der Waals surface area contributed by atoms with Crippen molar-refractivity contribution in [3.05, 3.63) is 77.4 Å². The summed E-state index contributed by atoms with van der Waals surface area (Å²) in [4.78, 5) is 0. The van der Waals surface area contributed by atoms with Gasteiger partial charge in [-0.25, -0.2) is 9.07 Å². The lowest BCUT2D eigenvalue weighted by Gasteiger charge is -2.08. The van der Waals surface area contributed by atoms with Crippen LogP contribution in [0.25, 0.3) is 5.69 Å². The maximum atomic E-state index is 14.0. The van der Waals surface area contributed by atoms with Crippen molar-refractivity contribution in [3.8, 4) is 5.69 Å². The molecular weight excluding hydrogens is 267 g/mol. The van der Waals surface area contributed by atoms with Gasteiger partial charge in [-0.1, -0.05) is 47.7 Å². The highest BCUT2D eigenvalue weighted by Gasteiger charge is 2.15. The van der Waals surface area contributed by atoms with Gasteiger partial charge in [-0.2, -0.15) is 0 Å². The molecule has 0 unspecified atom stereocenters. The molecule has 106 valence electrons. The molecule has 5 heteroatoms. The standard InChI is InChI=1S/C16H15FN4/c17-13-8-4-5-9-15(13)21-16(14(11-18)19-20-21)10-12-6-2-1-3-7-12/h1-9H,10-11,18H2. The van der Waals surface area contributed by atoms with E-state index in [-0.39, 0.29) is 12.4 Å². The topological polar surface area (TPSA) is 56.7 Å². The van der Waals surface area contributed by atoms with E-state index in [1.165, 1.54) is 10.7 Å². The second-order valence-electron chi connectivity index (χ2n) is 4.71. The lowest BCUT2D eigenvalue weighted by molar-refractivity contribution is 0.603. The van der Waals surface area contributed by atoms with Crippen LogP contribution in [-0.2, 0) is 13.0 Å². The smallest absolute Gasteiger partial charge is 0.148 e. The Kier molecular flexibility index (Phi) is 3.75. The fraction of sp³-hybridized carbons (Fsp3) is 0.125. The van der Waals surface area contributed by atoms with Gasteiger partial charge in [0.15, 0.2) is 0 Å². The van der Waals surface area contributed by atoms with E-state index in [0.717, 1.165) is 11.3 Å². The predicted molar refractivity (Wildman–Crippen MR) is 78.5 cm³/mol. The van der Waals surface area contributed by atoms with Gasteiger partial charge >= 0.3 is 0 Å². The number of nitrogens with zero attached hydrogens (tertiary/aromatic N) is 3. The zero-order chi connectivity index (χ0) is 14.7. The molecular formula is C16H15FN4. The molecule has 0 aliphatic carbocycles. The van der Waals surface area contributed by atoms with Gasteiger partial charge in [-0.15, -0.1) is 5.10 Å². The fourth-order valence-electron chi connectivity index (χ4n) is 2.27. The largest absolute Gasteiger partial charge is 0.325 e. The van der Waals surface area contributed by atoms with Crippen LogP contribution in [0.1, 0.15) is 17.0 Å². The quantitative estimate of drug-likeness (QED) is 0.799. The van der Waals surface area contributed by atoms with E-state index in [9.17, 15) is 4.39 Å². The van der Waals surface area contributed by atoms with Crippen LogP contribution in [0, 0.1) is 5.82 Å².